The third-order valence-electron chi connectivity index (χ3n) is 3.56. The minimum atomic E-state index is -0.284. The lowest BCUT2D eigenvalue weighted by atomic mass is 9.99. The molecule has 1 aliphatic rings. The van der Waals surface area contributed by atoms with Gasteiger partial charge in [0.15, 0.2) is 0 Å². The van der Waals surface area contributed by atoms with Crippen LogP contribution >= 0.6 is 11.3 Å². The van der Waals surface area contributed by atoms with Crippen molar-refractivity contribution in [1.82, 2.24) is 10.3 Å². The van der Waals surface area contributed by atoms with Crippen molar-refractivity contribution in [3.8, 4) is 0 Å². The third kappa shape index (κ3) is 3.51. The van der Waals surface area contributed by atoms with Gasteiger partial charge in [0.25, 0.3) is 5.91 Å². The van der Waals surface area contributed by atoms with Crippen LogP contribution in [0.4, 0.5) is 5.82 Å². The fraction of sp³-hybridized carbons (Fsp3) is 0.312. The van der Waals surface area contributed by atoms with Crippen LogP contribution in [0.15, 0.2) is 30.5 Å². The number of thiophene rings is 1. The second-order valence-electron chi connectivity index (χ2n) is 5.21. The van der Waals surface area contributed by atoms with E-state index >= 15 is 0 Å². The van der Waals surface area contributed by atoms with Gasteiger partial charge < -0.3 is 10.6 Å². The highest BCUT2D eigenvalue weighted by atomic mass is 32.1. The predicted molar refractivity (Wildman–Crippen MR) is 86.2 cm³/mol. The van der Waals surface area contributed by atoms with E-state index < -0.39 is 0 Å². The molecule has 0 unspecified atom stereocenters. The summed E-state index contributed by atoms with van der Waals surface area (Å²) in [7, 11) is 0. The van der Waals surface area contributed by atoms with Crippen LogP contribution in [0.3, 0.4) is 0 Å². The second kappa shape index (κ2) is 6.70. The van der Waals surface area contributed by atoms with Gasteiger partial charge in [-0.3, -0.25) is 9.59 Å². The molecule has 0 atom stereocenters. The molecule has 2 aromatic rings. The molecule has 3 rings (SSSR count). The summed E-state index contributed by atoms with van der Waals surface area (Å²) in [5, 5.41) is 5.30. The number of anilines is 1. The minimum Gasteiger partial charge on any atom is -0.342 e. The van der Waals surface area contributed by atoms with E-state index in [9.17, 15) is 9.59 Å². The molecule has 5 nitrogen and oxygen atoms in total. The number of amides is 2. The Morgan fingerprint density at radius 2 is 2.09 bits per heavy atom. The van der Waals surface area contributed by atoms with Crippen LogP contribution in [-0.2, 0) is 17.6 Å². The Kier molecular flexibility index (Phi) is 4.48. The van der Waals surface area contributed by atoms with Crippen LogP contribution < -0.4 is 10.6 Å². The van der Waals surface area contributed by atoms with E-state index in [1.54, 1.807) is 35.7 Å². The summed E-state index contributed by atoms with van der Waals surface area (Å²) in [5.41, 5.74) is 1.29. The van der Waals surface area contributed by atoms with E-state index in [-0.39, 0.29) is 18.4 Å². The van der Waals surface area contributed by atoms with Gasteiger partial charge in [-0.1, -0.05) is 6.07 Å². The first-order chi connectivity index (χ1) is 10.7. The Morgan fingerprint density at radius 1 is 1.23 bits per heavy atom. The van der Waals surface area contributed by atoms with Gasteiger partial charge >= 0.3 is 0 Å². The molecule has 0 spiro atoms. The molecular formula is C16H17N3O2S. The van der Waals surface area contributed by atoms with E-state index in [4.69, 9.17) is 0 Å². The fourth-order valence-electron chi connectivity index (χ4n) is 2.47. The van der Waals surface area contributed by atoms with Crippen molar-refractivity contribution in [3.63, 3.8) is 0 Å². The highest BCUT2D eigenvalue weighted by molar-refractivity contribution is 7.14. The Balaban J connectivity index is 1.53. The zero-order valence-corrected chi connectivity index (χ0v) is 12.9. The van der Waals surface area contributed by atoms with Crippen molar-refractivity contribution in [2.24, 2.45) is 0 Å². The quantitative estimate of drug-likeness (QED) is 0.910. The van der Waals surface area contributed by atoms with Gasteiger partial charge in [-0.2, -0.15) is 0 Å². The molecule has 0 fully saturated rings. The van der Waals surface area contributed by atoms with Crippen molar-refractivity contribution in [2.45, 2.75) is 25.7 Å². The largest absolute Gasteiger partial charge is 0.342 e. The van der Waals surface area contributed by atoms with E-state index in [0.717, 1.165) is 12.8 Å². The molecule has 0 bridgehead atoms. The molecule has 2 aromatic heterocycles. The summed E-state index contributed by atoms with van der Waals surface area (Å²) in [6, 6.07) is 7.23. The number of nitrogens with one attached hydrogen (secondary N) is 2. The van der Waals surface area contributed by atoms with Crippen molar-refractivity contribution in [3.05, 3.63) is 45.8 Å². The molecule has 0 radical (unpaired) electrons. The lowest BCUT2D eigenvalue weighted by Gasteiger charge is -2.08. The fourth-order valence-corrected chi connectivity index (χ4v) is 3.64. The van der Waals surface area contributed by atoms with Gasteiger partial charge in [0.2, 0.25) is 5.91 Å². The van der Waals surface area contributed by atoms with E-state index in [1.807, 2.05) is 6.07 Å². The van der Waals surface area contributed by atoms with Crippen molar-refractivity contribution < 1.29 is 9.59 Å². The van der Waals surface area contributed by atoms with Crippen molar-refractivity contribution in [2.75, 3.05) is 11.9 Å². The average Bonchev–Trinajstić information content (AvgIpc) is 2.98. The summed E-state index contributed by atoms with van der Waals surface area (Å²) in [4.78, 5) is 29.9. The SMILES string of the molecule is O=C(CNC(=O)c1cc2c(s1)CCCC2)Nc1ccccn1. The summed E-state index contributed by atoms with van der Waals surface area (Å²) in [6.07, 6.45) is 6.11. The van der Waals surface area contributed by atoms with Crippen LogP contribution in [0.2, 0.25) is 0 Å². The topological polar surface area (TPSA) is 71.1 Å². The smallest absolute Gasteiger partial charge is 0.261 e. The maximum atomic E-state index is 12.1. The number of carbonyl (C=O) groups is 2. The normalized spacial score (nSPS) is 13.3. The Hall–Kier alpha value is -2.21. The molecule has 6 heteroatoms. The molecule has 114 valence electrons. The summed E-state index contributed by atoms with van der Waals surface area (Å²) in [5.74, 6) is 0.0114. The standard InChI is InChI=1S/C16H17N3O2S/c20-15(19-14-7-3-4-8-17-14)10-18-16(21)13-9-11-5-1-2-6-12(11)22-13/h3-4,7-9H,1-2,5-6,10H2,(H,18,21)(H,17,19,20). The van der Waals surface area contributed by atoms with Gasteiger partial charge in [-0.15, -0.1) is 11.3 Å². The van der Waals surface area contributed by atoms with Gasteiger partial charge in [0.1, 0.15) is 5.82 Å². The lowest BCUT2D eigenvalue weighted by Crippen LogP contribution is -2.32. The number of hydrogen-bond donors (Lipinski definition) is 2. The Bertz CT molecular complexity index is 658. The Morgan fingerprint density at radius 3 is 2.86 bits per heavy atom. The van der Waals surface area contributed by atoms with Crippen LogP contribution in [0.5, 0.6) is 0 Å². The van der Waals surface area contributed by atoms with Crippen LogP contribution in [0.25, 0.3) is 0 Å². The van der Waals surface area contributed by atoms with E-state index in [0.29, 0.717) is 10.7 Å². The molecule has 2 N–H and O–H groups in total. The van der Waals surface area contributed by atoms with Crippen molar-refractivity contribution in [1.29, 1.82) is 0 Å². The maximum Gasteiger partial charge on any atom is 0.261 e. The van der Waals surface area contributed by atoms with Gasteiger partial charge in [-0.05, 0) is 49.4 Å². The van der Waals surface area contributed by atoms with Crippen LogP contribution in [0.1, 0.15) is 33.0 Å². The molecule has 0 aromatic carbocycles. The first-order valence-electron chi connectivity index (χ1n) is 7.33. The zero-order valence-electron chi connectivity index (χ0n) is 12.1. The highest BCUT2D eigenvalue weighted by Crippen LogP contribution is 2.29. The first kappa shape index (κ1) is 14.7. The molecule has 0 saturated carbocycles. The van der Waals surface area contributed by atoms with Gasteiger partial charge in [0.05, 0.1) is 11.4 Å². The minimum absolute atomic E-state index is 0.0576. The summed E-state index contributed by atoms with van der Waals surface area (Å²) < 4.78 is 0. The molecule has 2 heterocycles. The van der Waals surface area contributed by atoms with Crippen molar-refractivity contribution >= 4 is 29.0 Å². The average molecular weight is 315 g/mol. The Labute approximate surface area is 132 Å². The van der Waals surface area contributed by atoms with E-state index in [1.165, 1.54) is 23.3 Å². The van der Waals surface area contributed by atoms with Crippen LogP contribution in [0, 0.1) is 0 Å². The van der Waals surface area contributed by atoms with Crippen LogP contribution in [-0.4, -0.2) is 23.3 Å². The molecule has 22 heavy (non-hydrogen) atoms. The number of fused-ring (bicyclic) bond motifs is 1. The van der Waals surface area contributed by atoms with Gasteiger partial charge in [-0.25, -0.2) is 4.98 Å². The summed E-state index contributed by atoms with van der Waals surface area (Å²) >= 11 is 1.54. The summed E-state index contributed by atoms with van der Waals surface area (Å²) in [6.45, 7) is -0.0576. The highest BCUT2D eigenvalue weighted by Gasteiger charge is 2.17. The second-order valence-corrected chi connectivity index (χ2v) is 6.35. The number of carbonyl (C=O) groups excluding carboxylic acids is 2. The molecule has 0 saturated heterocycles. The monoisotopic (exact) mass is 315 g/mol. The molecular weight excluding hydrogens is 298 g/mol. The molecule has 0 aliphatic heterocycles. The van der Waals surface area contributed by atoms with E-state index in [2.05, 4.69) is 15.6 Å². The first-order valence-corrected chi connectivity index (χ1v) is 8.15. The maximum absolute atomic E-state index is 12.1. The number of aromatic nitrogens is 1. The lowest BCUT2D eigenvalue weighted by molar-refractivity contribution is -0.115. The number of hydrogen-bond acceptors (Lipinski definition) is 4. The number of rotatable bonds is 4. The predicted octanol–water partition coefficient (Wildman–Crippen LogP) is 2.39. The number of pyridine rings is 1. The molecule has 2 amide bonds. The zero-order chi connectivity index (χ0) is 15.4. The van der Waals surface area contributed by atoms with Gasteiger partial charge in [0, 0.05) is 11.1 Å². The number of nitrogens with zero attached hydrogens (tertiary/aromatic N) is 1. The third-order valence-corrected chi connectivity index (χ3v) is 4.80. The molecule has 1 aliphatic carbocycles. The number of aryl methyl sites for hydroxylation is 2.